The Kier molecular flexibility index (Phi) is 4.39. The first-order valence-electron chi connectivity index (χ1n) is 5.86. The van der Waals surface area contributed by atoms with E-state index in [1.165, 1.54) is 11.6 Å². The zero-order valence-electron chi connectivity index (χ0n) is 10.3. The van der Waals surface area contributed by atoms with E-state index in [0.29, 0.717) is 17.9 Å². The van der Waals surface area contributed by atoms with Gasteiger partial charge in [-0.15, -0.1) is 11.8 Å². The second-order valence-electron chi connectivity index (χ2n) is 4.23. The van der Waals surface area contributed by atoms with Crippen LogP contribution in [0.5, 0.6) is 0 Å². The van der Waals surface area contributed by atoms with E-state index < -0.39 is 0 Å². The Hall–Kier alpha value is -1.32. The van der Waals surface area contributed by atoms with Crippen LogP contribution < -0.4 is 5.73 Å². The number of hydrogen-bond donors (Lipinski definition) is 1. The third kappa shape index (κ3) is 3.34. The molecule has 0 atom stereocenters. The maximum Gasteiger partial charge on any atom is 0.127 e. The summed E-state index contributed by atoms with van der Waals surface area (Å²) >= 11 is 1.63. The quantitative estimate of drug-likeness (QED) is 0.845. The highest BCUT2D eigenvalue weighted by molar-refractivity contribution is 7.98. The molecule has 0 fully saturated rings. The van der Waals surface area contributed by atoms with E-state index in [-0.39, 0.29) is 5.82 Å². The Morgan fingerprint density at radius 2 is 1.83 bits per heavy atom. The highest BCUT2D eigenvalue weighted by Gasteiger charge is 2.04. The van der Waals surface area contributed by atoms with Crippen molar-refractivity contribution in [3.8, 4) is 0 Å². The summed E-state index contributed by atoms with van der Waals surface area (Å²) in [6, 6.07) is 13.3. The van der Waals surface area contributed by atoms with Crippen LogP contribution in [0.25, 0.3) is 0 Å². The standard InChI is InChI=1S/C15H16FNS/c1-11-2-5-14(6-3-11)18-10-13-8-12(9-17)4-7-15(13)16/h2-8H,9-10,17H2,1H3. The minimum absolute atomic E-state index is 0.160. The zero-order valence-corrected chi connectivity index (χ0v) is 11.1. The molecule has 0 amide bonds. The van der Waals surface area contributed by atoms with Crippen LogP contribution in [0.3, 0.4) is 0 Å². The first-order chi connectivity index (χ1) is 8.69. The minimum Gasteiger partial charge on any atom is -0.326 e. The third-order valence-corrected chi connectivity index (χ3v) is 3.82. The Morgan fingerprint density at radius 3 is 2.50 bits per heavy atom. The van der Waals surface area contributed by atoms with Crippen molar-refractivity contribution in [3.05, 3.63) is 65.0 Å². The van der Waals surface area contributed by atoms with Gasteiger partial charge in [-0.1, -0.05) is 29.8 Å². The van der Waals surface area contributed by atoms with Gasteiger partial charge in [0, 0.05) is 17.2 Å². The summed E-state index contributed by atoms with van der Waals surface area (Å²) in [6.45, 7) is 2.50. The molecule has 0 aliphatic heterocycles. The fraction of sp³-hybridized carbons (Fsp3) is 0.200. The van der Waals surface area contributed by atoms with Crippen molar-refractivity contribution >= 4 is 11.8 Å². The van der Waals surface area contributed by atoms with Crippen LogP contribution in [0.15, 0.2) is 47.4 Å². The van der Waals surface area contributed by atoms with Gasteiger partial charge in [-0.3, -0.25) is 0 Å². The third-order valence-electron chi connectivity index (χ3n) is 2.76. The predicted octanol–water partition coefficient (Wildman–Crippen LogP) is 3.89. The van der Waals surface area contributed by atoms with Crippen molar-refractivity contribution in [2.75, 3.05) is 0 Å². The number of aryl methyl sites for hydroxylation is 1. The zero-order chi connectivity index (χ0) is 13.0. The molecule has 0 aromatic heterocycles. The molecule has 0 aliphatic rings. The minimum atomic E-state index is -0.160. The molecular weight excluding hydrogens is 245 g/mol. The smallest absolute Gasteiger partial charge is 0.127 e. The molecule has 0 aliphatic carbocycles. The molecule has 0 bridgehead atoms. The maximum absolute atomic E-state index is 13.6. The average molecular weight is 261 g/mol. The van der Waals surface area contributed by atoms with Crippen molar-refractivity contribution in [3.63, 3.8) is 0 Å². The van der Waals surface area contributed by atoms with Crippen LogP contribution in [-0.2, 0) is 12.3 Å². The molecular formula is C15H16FNS. The van der Waals surface area contributed by atoms with Crippen molar-refractivity contribution in [1.82, 2.24) is 0 Å². The molecule has 0 heterocycles. The van der Waals surface area contributed by atoms with E-state index in [2.05, 4.69) is 31.2 Å². The van der Waals surface area contributed by atoms with Crippen LogP contribution in [0.1, 0.15) is 16.7 Å². The molecule has 2 aromatic rings. The summed E-state index contributed by atoms with van der Waals surface area (Å²) in [4.78, 5) is 1.15. The number of benzene rings is 2. The van der Waals surface area contributed by atoms with Crippen LogP contribution in [-0.4, -0.2) is 0 Å². The number of rotatable bonds is 4. The second-order valence-corrected chi connectivity index (χ2v) is 5.28. The molecule has 2 rings (SSSR count). The van der Waals surface area contributed by atoms with Gasteiger partial charge in [0.05, 0.1) is 0 Å². The van der Waals surface area contributed by atoms with Crippen LogP contribution in [0.2, 0.25) is 0 Å². The average Bonchev–Trinajstić information content (AvgIpc) is 2.40. The normalized spacial score (nSPS) is 10.6. The van der Waals surface area contributed by atoms with Gasteiger partial charge in [-0.05, 0) is 36.2 Å². The Morgan fingerprint density at radius 1 is 1.11 bits per heavy atom. The van der Waals surface area contributed by atoms with E-state index in [4.69, 9.17) is 5.73 Å². The summed E-state index contributed by atoms with van der Waals surface area (Å²) in [7, 11) is 0. The molecule has 2 aromatic carbocycles. The highest BCUT2D eigenvalue weighted by Crippen LogP contribution is 2.24. The molecule has 0 saturated heterocycles. The summed E-state index contributed by atoms with van der Waals surface area (Å²) in [5.74, 6) is 0.467. The first-order valence-corrected chi connectivity index (χ1v) is 6.84. The van der Waals surface area contributed by atoms with E-state index in [0.717, 1.165) is 10.5 Å². The topological polar surface area (TPSA) is 26.0 Å². The van der Waals surface area contributed by atoms with Crippen molar-refractivity contribution in [2.24, 2.45) is 5.73 Å². The van der Waals surface area contributed by atoms with Crippen LogP contribution >= 0.6 is 11.8 Å². The Balaban J connectivity index is 2.07. The van der Waals surface area contributed by atoms with E-state index in [9.17, 15) is 4.39 Å². The second kappa shape index (κ2) is 6.03. The summed E-state index contributed by atoms with van der Waals surface area (Å²) in [6.07, 6.45) is 0. The molecule has 0 radical (unpaired) electrons. The lowest BCUT2D eigenvalue weighted by Crippen LogP contribution is -1.98. The van der Waals surface area contributed by atoms with Crippen molar-refractivity contribution in [1.29, 1.82) is 0 Å². The summed E-state index contributed by atoms with van der Waals surface area (Å²) < 4.78 is 13.6. The number of hydrogen-bond acceptors (Lipinski definition) is 2. The first kappa shape index (κ1) is 13.1. The summed E-state index contributed by atoms with van der Waals surface area (Å²) in [5, 5.41) is 0. The molecule has 94 valence electrons. The van der Waals surface area contributed by atoms with Crippen LogP contribution in [0, 0.1) is 12.7 Å². The Bertz CT molecular complexity index is 523. The lowest BCUT2D eigenvalue weighted by Gasteiger charge is -2.06. The van der Waals surface area contributed by atoms with Crippen molar-refractivity contribution < 1.29 is 4.39 Å². The fourth-order valence-electron chi connectivity index (χ4n) is 1.66. The monoisotopic (exact) mass is 261 g/mol. The number of thioether (sulfide) groups is 1. The van der Waals surface area contributed by atoms with E-state index >= 15 is 0 Å². The van der Waals surface area contributed by atoms with Crippen molar-refractivity contribution in [2.45, 2.75) is 24.1 Å². The predicted molar refractivity (Wildman–Crippen MR) is 75.0 cm³/mol. The molecule has 0 saturated carbocycles. The Labute approximate surface area is 111 Å². The molecule has 0 spiro atoms. The largest absolute Gasteiger partial charge is 0.326 e. The van der Waals surface area contributed by atoms with E-state index in [1.54, 1.807) is 17.8 Å². The van der Waals surface area contributed by atoms with Gasteiger partial charge in [-0.2, -0.15) is 0 Å². The van der Waals surface area contributed by atoms with Gasteiger partial charge in [0.1, 0.15) is 5.82 Å². The SMILES string of the molecule is Cc1ccc(SCc2cc(CN)ccc2F)cc1. The molecule has 0 unspecified atom stereocenters. The van der Waals surface area contributed by atoms with Gasteiger partial charge >= 0.3 is 0 Å². The van der Waals surface area contributed by atoms with Gasteiger partial charge in [-0.25, -0.2) is 4.39 Å². The van der Waals surface area contributed by atoms with Crippen LogP contribution in [0.4, 0.5) is 4.39 Å². The lowest BCUT2D eigenvalue weighted by atomic mass is 10.1. The molecule has 18 heavy (non-hydrogen) atoms. The van der Waals surface area contributed by atoms with Gasteiger partial charge < -0.3 is 5.73 Å². The van der Waals surface area contributed by atoms with Gasteiger partial charge in [0.2, 0.25) is 0 Å². The number of halogens is 1. The molecule has 1 nitrogen and oxygen atoms in total. The van der Waals surface area contributed by atoms with Gasteiger partial charge in [0.15, 0.2) is 0 Å². The number of nitrogens with two attached hydrogens (primary N) is 1. The van der Waals surface area contributed by atoms with Gasteiger partial charge in [0.25, 0.3) is 0 Å². The molecule has 3 heteroatoms. The summed E-state index contributed by atoms with van der Waals surface area (Å²) in [5.41, 5.74) is 8.48. The molecule has 2 N–H and O–H groups in total. The fourth-order valence-corrected chi connectivity index (χ4v) is 2.53. The lowest BCUT2D eigenvalue weighted by molar-refractivity contribution is 0.616. The highest BCUT2D eigenvalue weighted by atomic mass is 32.2. The van der Waals surface area contributed by atoms with E-state index in [1.807, 2.05) is 6.07 Å². The maximum atomic E-state index is 13.6.